The maximum Gasteiger partial charge on any atom is 0.199 e. The highest BCUT2D eigenvalue weighted by molar-refractivity contribution is 5.46. The molecule has 0 radical (unpaired) electrons. The first-order valence-corrected chi connectivity index (χ1v) is 5.83. The van der Waals surface area contributed by atoms with Crippen LogP contribution in [0.5, 0.6) is 0 Å². The molecular weight excluding hydrogens is 218 g/mol. The molecule has 0 bridgehead atoms. The largest absolute Gasteiger partial charge is 0.355 e. The zero-order valence-electron chi connectivity index (χ0n) is 9.74. The Hall–Kier alpha value is -1.76. The minimum atomic E-state index is 0.618. The molecule has 0 amide bonds. The average Bonchev–Trinajstić information content (AvgIpc) is 2.87. The van der Waals surface area contributed by atoms with Crippen LogP contribution in [-0.2, 0) is 0 Å². The fourth-order valence-electron chi connectivity index (χ4n) is 2.28. The van der Waals surface area contributed by atoms with E-state index in [1.807, 2.05) is 13.2 Å². The number of hydrogen-bond donors (Lipinski definition) is 1. The van der Waals surface area contributed by atoms with Gasteiger partial charge < -0.3 is 10.2 Å². The van der Waals surface area contributed by atoms with Crippen molar-refractivity contribution in [1.82, 2.24) is 30.3 Å². The van der Waals surface area contributed by atoms with E-state index in [1.165, 1.54) is 0 Å². The quantitative estimate of drug-likeness (QED) is 0.768. The summed E-state index contributed by atoms with van der Waals surface area (Å²) >= 11 is 0. The number of fused-ring (bicyclic) bond motifs is 1. The number of aromatic nitrogens is 5. The van der Waals surface area contributed by atoms with Crippen molar-refractivity contribution in [2.24, 2.45) is 0 Å². The maximum absolute atomic E-state index is 4.18. The highest BCUT2D eigenvalue weighted by atomic mass is 15.5. The van der Waals surface area contributed by atoms with E-state index in [9.17, 15) is 0 Å². The molecule has 90 valence electrons. The van der Waals surface area contributed by atoms with Gasteiger partial charge in [-0.1, -0.05) is 0 Å². The number of nitrogens with zero attached hydrogens (tertiary/aromatic N) is 6. The summed E-state index contributed by atoms with van der Waals surface area (Å²) in [5.41, 5.74) is 0.693. The summed E-state index contributed by atoms with van der Waals surface area (Å²) in [7, 11) is 2.02. The lowest BCUT2D eigenvalue weighted by Crippen LogP contribution is -2.42. The fourth-order valence-corrected chi connectivity index (χ4v) is 2.28. The van der Waals surface area contributed by atoms with Crippen LogP contribution in [0.15, 0.2) is 12.4 Å². The van der Waals surface area contributed by atoms with Gasteiger partial charge in [-0.05, 0) is 30.3 Å². The zero-order chi connectivity index (χ0) is 11.7. The Balaban J connectivity index is 1.87. The van der Waals surface area contributed by atoms with Crippen LogP contribution in [0.25, 0.3) is 5.65 Å². The van der Waals surface area contributed by atoms with E-state index in [0.717, 1.165) is 31.7 Å². The third kappa shape index (κ3) is 1.82. The fraction of sp³-hybridized carbons (Fsp3) is 0.600. The first kappa shape index (κ1) is 10.4. The van der Waals surface area contributed by atoms with Gasteiger partial charge in [-0.3, -0.25) is 4.98 Å². The van der Waals surface area contributed by atoms with Crippen LogP contribution in [0.4, 0.5) is 5.82 Å². The summed E-state index contributed by atoms with van der Waals surface area (Å²) in [6.45, 7) is 2.01. The van der Waals surface area contributed by atoms with E-state index in [4.69, 9.17) is 0 Å². The van der Waals surface area contributed by atoms with Crippen LogP contribution in [0.2, 0.25) is 0 Å². The van der Waals surface area contributed by atoms with Crippen molar-refractivity contribution >= 4 is 11.5 Å². The molecule has 3 heterocycles. The van der Waals surface area contributed by atoms with E-state index in [2.05, 4.69) is 30.7 Å². The van der Waals surface area contributed by atoms with E-state index < -0.39 is 0 Å². The normalized spacial score (nSPS) is 17.8. The monoisotopic (exact) mass is 233 g/mol. The Morgan fingerprint density at radius 2 is 2.12 bits per heavy atom. The number of anilines is 1. The molecule has 1 fully saturated rings. The van der Waals surface area contributed by atoms with Gasteiger partial charge in [-0.15, -0.1) is 5.10 Å². The van der Waals surface area contributed by atoms with E-state index in [0.29, 0.717) is 11.7 Å². The van der Waals surface area contributed by atoms with Gasteiger partial charge in [0.1, 0.15) is 0 Å². The molecule has 0 spiro atoms. The third-order valence-electron chi connectivity index (χ3n) is 3.32. The summed E-state index contributed by atoms with van der Waals surface area (Å²) in [6, 6.07) is 0.618. The lowest BCUT2D eigenvalue weighted by Gasteiger charge is -2.32. The Bertz CT molecular complexity index is 500. The number of tetrazole rings is 1. The predicted octanol–water partition coefficient (Wildman–Crippen LogP) is -0.293. The zero-order valence-corrected chi connectivity index (χ0v) is 9.74. The van der Waals surface area contributed by atoms with Crippen molar-refractivity contribution in [1.29, 1.82) is 0 Å². The molecule has 1 aliphatic rings. The lowest BCUT2D eigenvalue weighted by molar-refractivity contribution is 0.439. The molecule has 1 N–H and O–H groups in total. The van der Waals surface area contributed by atoms with E-state index in [1.54, 1.807) is 10.7 Å². The van der Waals surface area contributed by atoms with Crippen LogP contribution in [-0.4, -0.2) is 51.2 Å². The van der Waals surface area contributed by atoms with Gasteiger partial charge in [0.25, 0.3) is 0 Å². The van der Waals surface area contributed by atoms with Crippen LogP contribution >= 0.6 is 0 Å². The van der Waals surface area contributed by atoms with Gasteiger partial charge in [0, 0.05) is 19.1 Å². The maximum atomic E-state index is 4.18. The van der Waals surface area contributed by atoms with Crippen molar-refractivity contribution in [2.45, 2.75) is 18.9 Å². The van der Waals surface area contributed by atoms with Gasteiger partial charge in [0.05, 0.1) is 12.4 Å². The highest BCUT2D eigenvalue weighted by Crippen LogP contribution is 2.18. The first-order valence-electron chi connectivity index (χ1n) is 5.83. The number of piperidine rings is 1. The van der Waals surface area contributed by atoms with Crippen molar-refractivity contribution in [3.63, 3.8) is 0 Å². The minimum Gasteiger partial charge on any atom is -0.355 e. The molecule has 17 heavy (non-hydrogen) atoms. The van der Waals surface area contributed by atoms with Crippen molar-refractivity contribution < 1.29 is 0 Å². The molecule has 0 aromatic carbocycles. The molecular formula is C10H15N7. The summed E-state index contributed by atoms with van der Waals surface area (Å²) in [5.74, 6) is 0.974. The molecule has 0 saturated carbocycles. The van der Waals surface area contributed by atoms with Crippen molar-refractivity contribution in [2.75, 3.05) is 25.0 Å². The SMILES string of the molecule is CNC1CCN(c2cncc3nnnn23)CC1. The summed E-state index contributed by atoms with van der Waals surface area (Å²) in [5, 5.41) is 14.9. The lowest BCUT2D eigenvalue weighted by atomic mass is 10.1. The van der Waals surface area contributed by atoms with E-state index >= 15 is 0 Å². The molecule has 3 rings (SSSR count). The molecule has 2 aromatic rings. The summed E-state index contributed by atoms with van der Waals surface area (Å²) in [4.78, 5) is 6.46. The van der Waals surface area contributed by atoms with Crippen LogP contribution in [0.3, 0.4) is 0 Å². The summed E-state index contributed by atoms with van der Waals surface area (Å²) < 4.78 is 1.74. The van der Waals surface area contributed by atoms with Gasteiger partial charge in [-0.2, -0.15) is 4.52 Å². The van der Waals surface area contributed by atoms with Crippen molar-refractivity contribution in [3.05, 3.63) is 12.4 Å². The van der Waals surface area contributed by atoms with Gasteiger partial charge in [0.15, 0.2) is 11.5 Å². The standard InChI is InChI=1S/C10H15N7/c1-11-8-2-4-16(5-3-8)10-7-12-6-9-13-14-15-17(9)10/h6-8,11H,2-5H2,1H3. The van der Waals surface area contributed by atoms with Crippen LogP contribution in [0, 0.1) is 0 Å². The van der Waals surface area contributed by atoms with Crippen LogP contribution in [0.1, 0.15) is 12.8 Å². The Labute approximate surface area is 98.8 Å². The second-order valence-electron chi connectivity index (χ2n) is 4.26. The first-order chi connectivity index (χ1) is 8.38. The van der Waals surface area contributed by atoms with Gasteiger partial charge in [0.2, 0.25) is 0 Å². The van der Waals surface area contributed by atoms with Gasteiger partial charge in [-0.25, -0.2) is 0 Å². The Kier molecular flexibility index (Phi) is 2.60. The number of hydrogen-bond acceptors (Lipinski definition) is 6. The number of rotatable bonds is 2. The topological polar surface area (TPSA) is 71.2 Å². The number of nitrogens with one attached hydrogen (secondary N) is 1. The van der Waals surface area contributed by atoms with Crippen LogP contribution < -0.4 is 10.2 Å². The Morgan fingerprint density at radius 1 is 1.29 bits per heavy atom. The molecule has 2 aromatic heterocycles. The second-order valence-corrected chi connectivity index (χ2v) is 4.26. The Morgan fingerprint density at radius 3 is 2.88 bits per heavy atom. The molecule has 1 saturated heterocycles. The molecule has 7 heteroatoms. The molecule has 0 aliphatic carbocycles. The average molecular weight is 233 g/mol. The predicted molar refractivity (Wildman–Crippen MR) is 62.9 cm³/mol. The second kappa shape index (κ2) is 4.25. The highest BCUT2D eigenvalue weighted by Gasteiger charge is 2.20. The van der Waals surface area contributed by atoms with Gasteiger partial charge >= 0.3 is 0 Å². The molecule has 1 aliphatic heterocycles. The molecule has 0 atom stereocenters. The third-order valence-corrected chi connectivity index (χ3v) is 3.32. The van der Waals surface area contributed by atoms with E-state index in [-0.39, 0.29) is 0 Å². The molecule has 0 unspecified atom stereocenters. The minimum absolute atomic E-state index is 0.618. The van der Waals surface area contributed by atoms with Crippen molar-refractivity contribution in [3.8, 4) is 0 Å². The smallest absolute Gasteiger partial charge is 0.199 e. The summed E-state index contributed by atoms with van der Waals surface area (Å²) in [6.07, 6.45) is 5.76. The molecule has 7 nitrogen and oxygen atoms in total.